The zero-order chi connectivity index (χ0) is 9.90. The van der Waals surface area contributed by atoms with Gasteiger partial charge in [0.05, 0.1) is 5.54 Å². The highest BCUT2D eigenvalue weighted by atomic mass is 19.1. The van der Waals surface area contributed by atoms with Gasteiger partial charge in [0.25, 0.3) is 0 Å². The fourth-order valence-corrected chi connectivity index (χ4v) is 1.30. The average molecular weight is 185 g/mol. The molecule has 0 unspecified atom stereocenters. The lowest BCUT2D eigenvalue weighted by Gasteiger charge is -2.24. The topological polar surface area (TPSA) is 29.1 Å². The summed E-state index contributed by atoms with van der Waals surface area (Å²) in [5, 5.41) is 2.69. The largest absolute Gasteiger partial charge is 0.348 e. The molecule has 1 rings (SSSR count). The summed E-state index contributed by atoms with van der Waals surface area (Å²) in [5.74, 6) is -0.0153. The van der Waals surface area contributed by atoms with Crippen molar-refractivity contribution in [2.75, 3.05) is 6.67 Å². The highest BCUT2D eigenvalue weighted by Gasteiger charge is 2.25. The molecule has 74 valence electrons. The van der Waals surface area contributed by atoms with Gasteiger partial charge in [-0.05, 0) is 26.7 Å². The minimum atomic E-state index is -0.723. The molecule has 0 atom stereocenters. The van der Waals surface area contributed by atoms with Crippen LogP contribution in [0.3, 0.4) is 0 Å². The zero-order valence-corrected chi connectivity index (χ0v) is 8.14. The number of nitrogens with one attached hydrogen (secondary N) is 1. The van der Waals surface area contributed by atoms with Crippen LogP contribution in [0.4, 0.5) is 4.39 Å². The van der Waals surface area contributed by atoms with Crippen molar-refractivity contribution in [3.05, 3.63) is 12.2 Å². The first-order valence-electron chi connectivity index (χ1n) is 4.58. The number of amides is 1. The van der Waals surface area contributed by atoms with E-state index in [9.17, 15) is 9.18 Å². The van der Waals surface area contributed by atoms with Crippen LogP contribution in [0.25, 0.3) is 0 Å². The number of hydrogen-bond donors (Lipinski definition) is 1. The fraction of sp³-hybridized carbons (Fsp3) is 0.700. The second-order valence-electron chi connectivity index (χ2n) is 4.15. The molecule has 0 bridgehead atoms. The molecule has 1 N–H and O–H groups in total. The Labute approximate surface area is 78.2 Å². The van der Waals surface area contributed by atoms with Gasteiger partial charge in [-0.3, -0.25) is 4.79 Å². The lowest BCUT2D eigenvalue weighted by molar-refractivity contribution is -0.126. The third kappa shape index (κ3) is 2.83. The number of hydrogen-bond acceptors (Lipinski definition) is 1. The SMILES string of the molecule is CC(C)(CF)NC(=O)C1CC=CC1. The van der Waals surface area contributed by atoms with Gasteiger partial charge in [-0.15, -0.1) is 0 Å². The molecule has 2 nitrogen and oxygen atoms in total. The summed E-state index contributed by atoms with van der Waals surface area (Å²) >= 11 is 0. The van der Waals surface area contributed by atoms with Crippen molar-refractivity contribution >= 4 is 5.91 Å². The molecule has 1 aliphatic rings. The summed E-state index contributed by atoms with van der Waals surface area (Å²) in [6.45, 7) is 2.85. The van der Waals surface area contributed by atoms with Gasteiger partial charge in [-0.1, -0.05) is 12.2 Å². The van der Waals surface area contributed by atoms with Crippen molar-refractivity contribution < 1.29 is 9.18 Å². The zero-order valence-electron chi connectivity index (χ0n) is 8.14. The first-order valence-corrected chi connectivity index (χ1v) is 4.58. The summed E-state index contributed by atoms with van der Waals surface area (Å²) < 4.78 is 12.4. The number of alkyl halides is 1. The Morgan fingerprint density at radius 2 is 2.08 bits per heavy atom. The number of allylic oxidation sites excluding steroid dienone is 2. The van der Waals surface area contributed by atoms with E-state index >= 15 is 0 Å². The second kappa shape index (κ2) is 3.90. The summed E-state index contributed by atoms with van der Waals surface area (Å²) in [6, 6.07) is 0. The van der Waals surface area contributed by atoms with Crippen LogP contribution in [0.2, 0.25) is 0 Å². The van der Waals surface area contributed by atoms with E-state index in [1.807, 2.05) is 12.2 Å². The smallest absolute Gasteiger partial charge is 0.224 e. The minimum Gasteiger partial charge on any atom is -0.348 e. The summed E-state index contributed by atoms with van der Waals surface area (Å²) in [6.07, 6.45) is 5.56. The van der Waals surface area contributed by atoms with E-state index in [0.29, 0.717) is 0 Å². The normalized spacial score (nSPS) is 17.8. The van der Waals surface area contributed by atoms with Crippen LogP contribution in [0.15, 0.2) is 12.2 Å². The van der Waals surface area contributed by atoms with E-state index in [4.69, 9.17) is 0 Å². The quantitative estimate of drug-likeness (QED) is 0.667. The van der Waals surface area contributed by atoms with Crippen LogP contribution in [0, 0.1) is 5.92 Å². The lowest BCUT2D eigenvalue weighted by atomic mass is 10.0. The molecule has 0 heterocycles. The van der Waals surface area contributed by atoms with Gasteiger partial charge in [0.15, 0.2) is 0 Å². The van der Waals surface area contributed by atoms with E-state index in [0.717, 1.165) is 12.8 Å². The molecule has 0 fully saturated rings. The first kappa shape index (κ1) is 10.2. The molecule has 3 heteroatoms. The van der Waals surface area contributed by atoms with Gasteiger partial charge in [0.2, 0.25) is 5.91 Å². The van der Waals surface area contributed by atoms with E-state index in [1.165, 1.54) is 0 Å². The van der Waals surface area contributed by atoms with Crippen molar-refractivity contribution in [3.8, 4) is 0 Å². The van der Waals surface area contributed by atoms with Crippen molar-refractivity contribution in [1.82, 2.24) is 5.32 Å². The molecule has 0 saturated heterocycles. The van der Waals surface area contributed by atoms with Crippen molar-refractivity contribution in [1.29, 1.82) is 0 Å². The maximum atomic E-state index is 12.4. The Hall–Kier alpha value is -0.860. The highest BCUT2D eigenvalue weighted by molar-refractivity contribution is 5.80. The third-order valence-corrected chi connectivity index (χ3v) is 2.17. The van der Waals surface area contributed by atoms with Crippen molar-refractivity contribution in [2.24, 2.45) is 5.92 Å². The molecule has 0 aromatic heterocycles. The number of carbonyl (C=O) groups is 1. The van der Waals surface area contributed by atoms with Crippen LogP contribution in [-0.2, 0) is 4.79 Å². The third-order valence-electron chi connectivity index (χ3n) is 2.17. The summed E-state index contributed by atoms with van der Waals surface area (Å²) in [5.41, 5.74) is -0.723. The molecule has 0 spiro atoms. The van der Waals surface area contributed by atoms with E-state index in [1.54, 1.807) is 13.8 Å². The number of rotatable bonds is 3. The second-order valence-corrected chi connectivity index (χ2v) is 4.15. The average Bonchev–Trinajstić information content (AvgIpc) is 2.55. The Balaban J connectivity index is 2.41. The van der Waals surface area contributed by atoms with Crippen LogP contribution in [0.5, 0.6) is 0 Å². The molecule has 0 aromatic carbocycles. The molecule has 0 aliphatic heterocycles. The summed E-state index contributed by atoms with van der Waals surface area (Å²) in [7, 11) is 0. The van der Waals surface area contributed by atoms with Gasteiger partial charge < -0.3 is 5.32 Å². The van der Waals surface area contributed by atoms with E-state index < -0.39 is 12.2 Å². The molecular formula is C10H16FNO. The predicted molar refractivity (Wildman–Crippen MR) is 50.1 cm³/mol. The van der Waals surface area contributed by atoms with Crippen LogP contribution < -0.4 is 5.32 Å². The molecule has 1 aliphatic carbocycles. The maximum Gasteiger partial charge on any atom is 0.224 e. The van der Waals surface area contributed by atoms with Crippen molar-refractivity contribution in [2.45, 2.75) is 32.2 Å². The van der Waals surface area contributed by atoms with Crippen LogP contribution in [0.1, 0.15) is 26.7 Å². The monoisotopic (exact) mass is 185 g/mol. The number of halogens is 1. The van der Waals surface area contributed by atoms with Gasteiger partial charge in [-0.25, -0.2) is 4.39 Å². The number of carbonyl (C=O) groups excluding carboxylic acids is 1. The first-order chi connectivity index (χ1) is 6.05. The van der Waals surface area contributed by atoms with E-state index in [-0.39, 0.29) is 11.8 Å². The predicted octanol–water partition coefficient (Wildman–Crippen LogP) is 1.82. The Bertz CT molecular complexity index is 215. The van der Waals surface area contributed by atoms with Crippen LogP contribution >= 0.6 is 0 Å². The molecule has 1 amide bonds. The molecule has 0 radical (unpaired) electrons. The molecular weight excluding hydrogens is 169 g/mol. The fourth-order valence-electron chi connectivity index (χ4n) is 1.30. The van der Waals surface area contributed by atoms with Crippen LogP contribution in [-0.4, -0.2) is 18.1 Å². The summed E-state index contributed by atoms with van der Waals surface area (Å²) in [4.78, 5) is 11.5. The van der Waals surface area contributed by atoms with Gasteiger partial charge >= 0.3 is 0 Å². The van der Waals surface area contributed by atoms with Crippen molar-refractivity contribution in [3.63, 3.8) is 0 Å². The molecule has 0 aromatic rings. The lowest BCUT2D eigenvalue weighted by Crippen LogP contribution is -2.47. The highest BCUT2D eigenvalue weighted by Crippen LogP contribution is 2.18. The molecule has 13 heavy (non-hydrogen) atoms. The Kier molecular flexibility index (Phi) is 3.07. The molecule has 0 saturated carbocycles. The maximum absolute atomic E-state index is 12.4. The van der Waals surface area contributed by atoms with E-state index in [2.05, 4.69) is 5.32 Å². The van der Waals surface area contributed by atoms with Gasteiger partial charge in [-0.2, -0.15) is 0 Å². The standard InChI is InChI=1S/C10H16FNO/c1-10(2,7-11)12-9(13)8-5-3-4-6-8/h3-4,8H,5-7H2,1-2H3,(H,12,13). The van der Waals surface area contributed by atoms with Gasteiger partial charge in [0.1, 0.15) is 6.67 Å². The minimum absolute atomic E-state index is 0.0193. The van der Waals surface area contributed by atoms with Gasteiger partial charge in [0, 0.05) is 5.92 Å². The Morgan fingerprint density at radius 1 is 1.54 bits per heavy atom. The Morgan fingerprint density at radius 3 is 2.54 bits per heavy atom.